The van der Waals surface area contributed by atoms with Crippen molar-refractivity contribution in [2.24, 2.45) is 0 Å². The summed E-state index contributed by atoms with van der Waals surface area (Å²) in [6.07, 6.45) is 4.82. The summed E-state index contributed by atoms with van der Waals surface area (Å²) in [6, 6.07) is 6.42. The fourth-order valence-corrected chi connectivity index (χ4v) is 4.21. The second kappa shape index (κ2) is 7.68. The standard InChI is InChI=1S/C20H26N4O3/c1-13(17-3-2-8-21-17)27-15-4-5-16-18(11-15)22-12-23-19(16)14-6-9-24(10-7-14)20(25)26/h4-5,11-14,17,21H,2-3,6-10H2,1H3,(H,25,26). The largest absolute Gasteiger partial charge is 0.489 e. The van der Waals surface area contributed by atoms with Gasteiger partial charge in [0.15, 0.2) is 0 Å². The molecule has 2 unspecified atom stereocenters. The summed E-state index contributed by atoms with van der Waals surface area (Å²) in [6.45, 7) is 4.28. The summed E-state index contributed by atoms with van der Waals surface area (Å²) in [5.74, 6) is 1.09. The zero-order valence-electron chi connectivity index (χ0n) is 15.6. The number of piperidine rings is 1. The number of rotatable bonds is 4. The van der Waals surface area contributed by atoms with Crippen LogP contribution < -0.4 is 10.1 Å². The first-order valence-electron chi connectivity index (χ1n) is 9.74. The highest BCUT2D eigenvalue weighted by Crippen LogP contribution is 2.32. The lowest BCUT2D eigenvalue weighted by atomic mass is 9.91. The van der Waals surface area contributed by atoms with Crippen LogP contribution in [0.25, 0.3) is 10.9 Å². The monoisotopic (exact) mass is 370 g/mol. The van der Waals surface area contributed by atoms with Crippen LogP contribution >= 0.6 is 0 Å². The van der Waals surface area contributed by atoms with E-state index in [0.717, 1.165) is 48.2 Å². The Morgan fingerprint density at radius 1 is 1.30 bits per heavy atom. The van der Waals surface area contributed by atoms with Gasteiger partial charge >= 0.3 is 6.09 Å². The Balaban J connectivity index is 1.51. The third kappa shape index (κ3) is 3.83. The Morgan fingerprint density at radius 2 is 2.11 bits per heavy atom. The van der Waals surface area contributed by atoms with Crippen LogP contribution in [0, 0.1) is 0 Å². The van der Waals surface area contributed by atoms with Gasteiger partial charge in [0.2, 0.25) is 0 Å². The summed E-state index contributed by atoms with van der Waals surface area (Å²) in [7, 11) is 0. The summed E-state index contributed by atoms with van der Waals surface area (Å²) in [5.41, 5.74) is 1.90. The first-order valence-corrected chi connectivity index (χ1v) is 9.74. The van der Waals surface area contributed by atoms with E-state index in [4.69, 9.17) is 9.84 Å². The Kier molecular flexibility index (Phi) is 5.11. The highest BCUT2D eigenvalue weighted by Gasteiger charge is 2.26. The van der Waals surface area contributed by atoms with Gasteiger partial charge in [-0.3, -0.25) is 0 Å². The number of amides is 1. The summed E-state index contributed by atoms with van der Waals surface area (Å²) in [5, 5.41) is 13.6. The smallest absolute Gasteiger partial charge is 0.407 e. The van der Waals surface area contributed by atoms with Crippen molar-refractivity contribution < 1.29 is 14.6 Å². The van der Waals surface area contributed by atoms with Crippen molar-refractivity contribution in [3.05, 3.63) is 30.2 Å². The summed E-state index contributed by atoms with van der Waals surface area (Å²) < 4.78 is 6.14. The van der Waals surface area contributed by atoms with E-state index in [1.807, 2.05) is 18.2 Å². The van der Waals surface area contributed by atoms with E-state index in [2.05, 4.69) is 22.2 Å². The number of fused-ring (bicyclic) bond motifs is 1. The minimum absolute atomic E-state index is 0.117. The Labute approximate surface area is 158 Å². The molecule has 0 aliphatic carbocycles. The van der Waals surface area contributed by atoms with Crippen molar-refractivity contribution in [2.75, 3.05) is 19.6 Å². The molecular weight excluding hydrogens is 344 g/mol. The van der Waals surface area contributed by atoms with E-state index in [9.17, 15) is 4.79 Å². The predicted molar refractivity (Wildman–Crippen MR) is 102 cm³/mol. The first kappa shape index (κ1) is 18.0. The van der Waals surface area contributed by atoms with Crippen LogP contribution in [0.3, 0.4) is 0 Å². The fourth-order valence-electron chi connectivity index (χ4n) is 4.21. The van der Waals surface area contributed by atoms with Crippen LogP contribution in [-0.4, -0.2) is 57.8 Å². The molecule has 2 saturated heterocycles. The molecule has 4 rings (SSSR count). The van der Waals surface area contributed by atoms with E-state index >= 15 is 0 Å². The van der Waals surface area contributed by atoms with E-state index in [0.29, 0.717) is 19.1 Å². The van der Waals surface area contributed by atoms with Crippen LogP contribution in [0.2, 0.25) is 0 Å². The summed E-state index contributed by atoms with van der Waals surface area (Å²) >= 11 is 0. The van der Waals surface area contributed by atoms with Gasteiger partial charge in [0.05, 0.1) is 11.2 Å². The second-order valence-corrected chi connectivity index (χ2v) is 7.51. The van der Waals surface area contributed by atoms with E-state index in [1.54, 1.807) is 6.33 Å². The van der Waals surface area contributed by atoms with Crippen molar-refractivity contribution in [1.82, 2.24) is 20.2 Å². The highest BCUT2D eigenvalue weighted by atomic mass is 16.5. The number of hydrogen-bond donors (Lipinski definition) is 2. The maximum Gasteiger partial charge on any atom is 0.407 e. The average molecular weight is 370 g/mol. The number of aromatic nitrogens is 2. The van der Waals surface area contributed by atoms with Gasteiger partial charge in [0.1, 0.15) is 18.2 Å². The third-order valence-corrected chi connectivity index (χ3v) is 5.78. The molecule has 0 bridgehead atoms. The molecule has 2 aliphatic rings. The Morgan fingerprint density at radius 3 is 2.81 bits per heavy atom. The molecule has 0 radical (unpaired) electrons. The first-order chi connectivity index (χ1) is 13.1. The third-order valence-electron chi connectivity index (χ3n) is 5.78. The highest BCUT2D eigenvalue weighted by molar-refractivity contribution is 5.82. The maximum atomic E-state index is 11.1. The van der Waals surface area contributed by atoms with Crippen molar-refractivity contribution in [2.45, 2.75) is 50.7 Å². The van der Waals surface area contributed by atoms with Gasteiger partial charge in [-0.15, -0.1) is 0 Å². The number of carbonyl (C=O) groups is 1. The van der Waals surface area contributed by atoms with E-state index < -0.39 is 6.09 Å². The molecule has 0 spiro atoms. The normalized spacial score (nSPS) is 22.1. The van der Waals surface area contributed by atoms with Crippen LogP contribution in [0.1, 0.15) is 44.2 Å². The lowest BCUT2D eigenvalue weighted by Crippen LogP contribution is -2.37. The van der Waals surface area contributed by atoms with E-state index in [-0.39, 0.29) is 12.0 Å². The molecule has 1 aromatic heterocycles. The molecule has 27 heavy (non-hydrogen) atoms. The molecule has 1 amide bonds. The van der Waals surface area contributed by atoms with Gasteiger partial charge in [-0.1, -0.05) is 0 Å². The Hall–Kier alpha value is -2.41. The van der Waals surface area contributed by atoms with Gasteiger partial charge < -0.3 is 20.1 Å². The minimum Gasteiger partial charge on any atom is -0.489 e. The lowest BCUT2D eigenvalue weighted by molar-refractivity contribution is 0.132. The fraction of sp³-hybridized carbons (Fsp3) is 0.550. The number of ether oxygens (including phenoxy) is 1. The Bertz CT molecular complexity index is 814. The number of benzene rings is 1. The molecular formula is C20H26N4O3. The zero-order valence-corrected chi connectivity index (χ0v) is 15.6. The van der Waals surface area contributed by atoms with E-state index in [1.165, 1.54) is 11.3 Å². The number of carboxylic acid groups (broad SMARTS) is 1. The van der Waals surface area contributed by atoms with Gasteiger partial charge in [0.25, 0.3) is 0 Å². The molecule has 2 aliphatic heterocycles. The van der Waals surface area contributed by atoms with Gasteiger partial charge in [-0.05, 0) is 51.3 Å². The van der Waals surface area contributed by atoms with Gasteiger partial charge in [-0.25, -0.2) is 14.8 Å². The zero-order chi connectivity index (χ0) is 18.8. The average Bonchev–Trinajstić information content (AvgIpc) is 3.22. The van der Waals surface area contributed by atoms with Crippen molar-refractivity contribution in [3.63, 3.8) is 0 Å². The predicted octanol–water partition coefficient (Wildman–Crippen LogP) is 3.01. The minimum atomic E-state index is -0.839. The number of likely N-dealkylation sites (tertiary alicyclic amines) is 1. The molecule has 7 heteroatoms. The maximum absolute atomic E-state index is 11.1. The van der Waals surface area contributed by atoms with Crippen LogP contribution in [0.4, 0.5) is 4.79 Å². The molecule has 7 nitrogen and oxygen atoms in total. The quantitative estimate of drug-likeness (QED) is 0.860. The molecule has 2 fully saturated rings. The summed E-state index contributed by atoms with van der Waals surface area (Å²) in [4.78, 5) is 21.5. The molecule has 2 atom stereocenters. The number of hydrogen-bond acceptors (Lipinski definition) is 5. The molecule has 0 saturated carbocycles. The van der Waals surface area contributed by atoms with Gasteiger partial charge in [0, 0.05) is 36.5 Å². The van der Waals surface area contributed by atoms with Crippen LogP contribution in [-0.2, 0) is 0 Å². The molecule has 144 valence electrons. The SMILES string of the molecule is CC(Oc1ccc2c(C3CCN(C(=O)O)CC3)ncnc2c1)C1CCCN1. The van der Waals surface area contributed by atoms with Crippen LogP contribution in [0.15, 0.2) is 24.5 Å². The van der Waals surface area contributed by atoms with Crippen molar-refractivity contribution >= 4 is 17.0 Å². The van der Waals surface area contributed by atoms with Crippen molar-refractivity contribution in [1.29, 1.82) is 0 Å². The van der Waals surface area contributed by atoms with Gasteiger partial charge in [-0.2, -0.15) is 0 Å². The second-order valence-electron chi connectivity index (χ2n) is 7.51. The lowest BCUT2D eigenvalue weighted by Gasteiger charge is -2.30. The van der Waals surface area contributed by atoms with Crippen LogP contribution in [0.5, 0.6) is 5.75 Å². The molecule has 3 heterocycles. The topological polar surface area (TPSA) is 87.6 Å². The van der Waals surface area contributed by atoms with Crippen molar-refractivity contribution in [3.8, 4) is 5.75 Å². The number of nitrogens with one attached hydrogen (secondary N) is 1. The number of nitrogens with zero attached hydrogens (tertiary/aromatic N) is 3. The molecule has 2 aromatic rings. The molecule has 2 N–H and O–H groups in total. The molecule has 1 aromatic carbocycles.